The fraction of sp³-hybridized carbons (Fsp3) is 0.0556. The summed E-state index contributed by atoms with van der Waals surface area (Å²) in [4.78, 5) is 0. The number of benzene rings is 2. The van der Waals surface area contributed by atoms with Crippen LogP contribution in [0.1, 0.15) is 16.8 Å². The van der Waals surface area contributed by atoms with Gasteiger partial charge in [-0.3, -0.25) is 0 Å². The fourth-order valence-electron chi connectivity index (χ4n) is 2.61. The van der Waals surface area contributed by atoms with E-state index in [0.29, 0.717) is 21.8 Å². The molecule has 2 aromatic carbocycles. The van der Waals surface area contributed by atoms with Gasteiger partial charge in [-0.2, -0.15) is 5.26 Å². The predicted molar refractivity (Wildman–Crippen MR) is 93.1 cm³/mol. The minimum absolute atomic E-state index is 0.0164. The number of alkyl halides is 2. The number of hydrogen-bond donors (Lipinski definition) is 1. The molecule has 9 heteroatoms. The lowest BCUT2D eigenvalue weighted by Gasteiger charge is -2.04. The van der Waals surface area contributed by atoms with Crippen LogP contribution in [0.25, 0.3) is 23.4 Å². The third-order valence-electron chi connectivity index (χ3n) is 3.75. The Bertz CT molecular complexity index is 1100. The van der Waals surface area contributed by atoms with E-state index in [-0.39, 0.29) is 17.2 Å². The molecule has 0 atom stereocenters. The van der Waals surface area contributed by atoms with Gasteiger partial charge in [0.2, 0.25) is 0 Å². The highest BCUT2D eigenvalue weighted by Crippen LogP contribution is 2.41. The summed E-state index contributed by atoms with van der Waals surface area (Å²) in [5.41, 5.74) is 2.60. The first-order valence-electron chi connectivity index (χ1n) is 7.64. The van der Waals surface area contributed by atoms with Crippen LogP contribution in [0.5, 0.6) is 11.5 Å². The molecule has 0 radical (unpaired) electrons. The average Bonchev–Trinajstić information content (AvgIpc) is 3.21. The molecule has 134 valence electrons. The maximum absolute atomic E-state index is 13.1. The molecule has 0 saturated heterocycles. The number of nitriles is 1. The summed E-state index contributed by atoms with van der Waals surface area (Å²) in [7, 11) is 0. The summed E-state index contributed by atoms with van der Waals surface area (Å²) in [6, 6.07) is 11.6. The zero-order valence-corrected chi connectivity index (χ0v) is 14.2. The predicted octanol–water partition coefficient (Wildman–Crippen LogP) is 4.49. The molecule has 1 aromatic heterocycles. The lowest BCUT2D eigenvalue weighted by atomic mass is 10.1. The van der Waals surface area contributed by atoms with Gasteiger partial charge >= 0.3 is 6.29 Å². The zero-order chi connectivity index (χ0) is 19.0. The molecule has 0 bridgehead atoms. The Morgan fingerprint density at radius 1 is 1.07 bits per heavy atom. The van der Waals surface area contributed by atoms with Crippen molar-refractivity contribution >= 4 is 23.8 Å². The van der Waals surface area contributed by atoms with Crippen LogP contribution >= 0.6 is 11.6 Å². The van der Waals surface area contributed by atoms with Crippen molar-refractivity contribution in [2.45, 2.75) is 6.29 Å². The van der Waals surface area contributed by atoms with E-state index >= 15 is 0 Å². The number of halogens is 3. The molecule has 0 spiro atoms. The summed E-state index contributed by atoms with van der Waals surface area (Å²) in [6.07, 6.45) is -0.191. The fourth-order valence-corrected chi connectivity index (χ4v) is 2.86. The van der Waals surface area contributed by atoms with Gasteiger partial charge < -0.3 is 9.47 Å². The molecule has 2 heterocycles. The van der Waals surface area contributed by atoms with Crippen molar-refractivity contribution in [1.29, 1.82) is 5.26 Å². The quantitative estimate of drug-likeness (QED) is 0.670. The molecule has 1 N–H and O–H groups in total. The van der Waals surface area contributed by atoms with Gasteiger partial charge in [0.25, 0.3) is 0 Å². The average molecular weight is 387 g/mol. The van der Waals surface area contributed by atoms with E-state index in [1.807, 2.05) is 6.07 Å². The molecule has 0 fully saturated rings. The molecular weight excluding hydrogens is 378 g/mol. The largest absolute Gasteiger partial charge is 0.586 e. The summed E-state index contributed by atoms with van der Waals surface area (Å²) in [5.74, 6) is -0.0487. The highest BCUT2D eigenvalue weighted by Gasteiger charge is 2.43. The molecule has 0 saturated carbocycles. The van der Waals surface area contributed by atoms with E-state index in [1.165, 1.54) is 12.1 Å². The van der Waals surface area contributed by atoms with Gasteiger partial charge in [0.05, 0.1) is 0 Å². The number of hydrogen-bond acceptors (Lipinski definition) is 5. The highest BCUT2D eigenvalue weighted by molar-refractivity contribution is 6.31. The molecule has 0 unspecified atom stereocenters. The second-order valence-electron chi connectivity index (χ2n) is 5.63. The SMILES string of the molecule is N#Cc1[nH]nnc1-c1cc(Cl)cc(/C=C/c2ccc3c(c2)OC(F)(F)O3)c1. The first-order chi connectivity index (χ1) is 12.9. The summed E-state index contributed by atoms with van der Waals surface area (Å²) in [5, 5.41) is 19.6. The summed E-state index contributed by atoms with van der Waals surface area (Å²) in [6.45, 7) is 0. The van der Waals surface area contributed by atoms with Crippen LogP contribution in [0.3, 0.4) is 0 Å². The van der Waals surface area contributed by atoms with Crippen molar-refractivity contribution in [3.8, 4) is 28.8 Å². The van der Waals surface area contributed by atoms with Crippen LogP contribution in [0, 0.1) is 11.3 Å². The number of ether oxygens (including phenoxy) is 2. The van der Waals surface area contributed by atoms with Gasteiger partial charge in [-0.15, -0.1) is 13.9 Å². The van der Waals surface area contributed by atoms with Crippen LogP contribution in [-0.4, -0.2) is 21.7 Å². The molecule has 0 aliphatic carbocycles. The maximum atomic E-state index is 13.1. The number of H-pyrrole nitrogens is 1. The second kappa shape index (κ2) is 6.37. The van der Waals surface area contributed by atoms with E-state index < -0.39 is 6.29 Å². The van der Waals surface area contributed by atoms with Crippen LogP contribution in [0.15, 0.2) is 36.4 Å². The monoisotopic (exact) mass is 386 g/mol. The van der Waals surface area contributed by atoms with Gasteiger partial charge in [0, 0.05) is 10.6 Å². The number of aromatic nitrogens is 3. The number of fused-ring (bicyclic) bond motifs is 1. The lowest BCUT2D eigenvalue weighted by molar-refractivity contribution is -0.286. The third kappa shape index (κ3) is 3.45. The Hall–Kier alpha value is -3.44. The Labute approximate surface area is 156 Å². The van der Waals surface area contributed by atoms with E-state index in [0.717, 1.165) is 5.56 Å². The van der Waals surface area contributed by atoms with Crippen molar-refractivity contribution in [1.82, 2.24) is 15.4 Å². The molecule has 1 aliphatic rings. The van der Waals surface area contributed by atoms with Crippen molar-refractivity contribution < 1.29 is 18.3 Å². The number of rotatable bonds is 3. The minimum atomic E-state index is -3.65. The first kappa shape index (κ1) is 17.0. The van der Waals surface area contributed by atoms with Crippen molar-refractivity contribution in [2.24, 2.45) is 0 Å². The van der Waals surface area contributed by atoms with Crippen LogP contribution < -0.4 is 9.47 Å². The Kier molecular flexibility index (Phi) is 4.01. The number of nitrogens with zero attached hydrogens (tertiary/aromatic N) is 3. The Balaban J connectivity index is 1.63. The first-order valence-corrected chi connectivity index (χ1v) is 8.01. The highest BCUT2D eigenvalue weighted by atomic mass is 35.5. The van der Waals surface area contributed by atoms with E-state index in [9.17, 15) is 8.78 Å². The Morgan fingerprint density at radius 2 is 1.85 bits per heavy atom. The molecule has 3 aromatic rings. The van der Waals surface area contributed by atoms with E-state index in [4.69, 9.17) is 16.9 Å². The number of aromatic amines is 1. The summed E-state index contributed by atoms with van der Waals surface area (Å²) >= 11 is 6.16. The van der Waals surface area contributed by atoms with Crippen LogP contribution in [-0.2, 0) is 0 Å². The second-order valence-corrected chi connectivity index (χ2v) is 6.06. The number of nitrogens with one attached hydrogen (secondary N) is 1. The van der Waals surface area contributed by atoms with Crippen molar-refractivity contribution in [3.63, 3.8) is 0 Å². The summed E-state index contributed by atoms with van der Waals surface area (Å²) < 4.78 is 35.0. The molecule has 27 heavy (non-hydrogen) atoms. The smallest absolute Gasteiger partial charge is 0.395 e. The third-order valence-corrected chi connectivity index (χ3v) is 3.97. The van der Waals surface area contributed by atoms with Crippen LogP contribution in [0.2, 0.25) is 5.02 Å². The standard InChI is InChI=1S/C18H9ClF2N4O2/c19-13-6-11(5-12(8-13)17-14(9-22)23-25-24-17)2-1-10-3-4-15-16(7-10)27-18(20,21)26-15/h1-8H,(H,23,24,25)/b2-1+. The van der Waals surface area contributed by atoms with Crippen LogP contribution in [0.4, 0.5) is 8.78 Å². The van der Waals surface area contributed by atoms with Crippen molar-refractivity contribution in [3.05, 3.63) is 58.2 Å². The van der Waals surface area contributed by atoms with Crippen molar-refractivity contribution in [2.75, 3.05) is 0 Å². The van der Waals surface area contributed by atoms with Gasteiger partial charge in [-0.1, -0.05) is 35.0 Å². The molecule has 0 amide bonds. The van der Waals surface area contributed by atoms with Gasteiger partial charge in [0.15, 0.2) is 17.2 Å². The molecule has 1 aliphatic heterocycles. The van der Waals surface area contributed by atoms with Gasteiger partial charge in [0.1, 0.15) is 11.8 Å². The zero-order valence-electron chi connectivity index (χ0n) is 13.4. The minimum Gasteiger partial charge on any atom is -0.395 e. The van der Waals surface area contributed by atoms with E-state index in [2.05, 4.69) is 24.9 Å². The maximum Gasteiger partial charge on any atom is 0.586 e. The molecule has 4 rings (SSSR count). The topological polar surface area (TPSA) is 83.8 Å². The van der Waals surface area contributed by atoms with Gasteiger partial charge in [-0.05, 0) is 41.5 Å². The molecular formula is C18H9ClF2N4O2. The Morgan fingerprint density at radius 3 is 2.67 bits per heavy atom. The molecule has 6 nitrogen and oxygen atoms in total. The van der Waals surface area contributed by atoms with E-state index in [1.54, 1.807) is 36.4 Å². The van der Waals surface area contributed by atoms with Gasteiger partial charge in [-0.25, -0.2) is 5.10 Å². The lowest BCUT2D eigenvalue weighted by Crippen LogP contribution is -2.25. The normalized spacial score (nSPS) is 14.4.